The molecule has 0 atom stereocenters. The maximum Gasteiger partial charge on any atom is 0.250 e. The van der Waals surface area contributed by atoms with Gasteiger partial charge in [0.25, 0.3) is 11.8 Å². The molecule has 4 amide bonds. The van der Waals surface area contributed by atoms with Crippen LogP contribution in [-0.2, 0) is 30.9 Å². The van der Waals surface area contributed by atoms with E-state index in [4.69, 9.17) is 0 Å². The number of carbonyl (C=O) groups excluding carboxylic acids is 4. The Labute approximate surface area is 127 Å². The van der Waals surface area contributed by atoms with E-state index < -0.39 is 0 Å². The van der Waals surface area contributed by atoms with Gasteiger partial charge in [-0.1, -0.05) is 30.3 Å². The van der Waals surface area contributed by atoms with Crippen LogP contribution in [0.25, 0.3) is 0 Å². The quantitative estimate of drug-likeness (QED) is 0.723. The normalized spacial score (nSPS) is 15.3. The molecule has 0 unspecified atom stereocenters. The highest BCUT2D eigenvalue weighted by atomic mass is 16.3. The second kappa shape index (κ2) is 9.19. The molecule has 1 saturated heterocycles. The summed E-state index contributed by atoms with van der Waals surface area (Å²) in [6, 6.07) is 9.29. The average molecular weight is 303 g/mol. The molecule has 1 aromatic carbocycles. The van der Waals surface area contributed by atoms with Crippen LogP contribution in [-0.4, -0.2) is 23.6 Å². The van der Waals surface area contributed by atoms with Gasteiger partial charge in [0.2, 0.25) is 11.8 Å². The molecule has 0 aliphatic carbocycles. The lowest BCUT2D eigenvalue weighted by molar-refractivity contribution is -0.125. The Morgan fingerprint density at radius 2 is 1.27 bits per heavy atom. The standard InChI is InChI=1S/C7H7O.C4H5NO2.C4H3NO2/c8-6-7-4-2-1-3-5-7;2*6-3-1-2-4(7)5-3/h1-5H,6H2;1-2H2,(H,5,6,7);1-2H,(H,5,6,7). The molecular weight excluding hydrogens is 288 g/mol. The van der Waals surface area contributed by atoms with Crippen LogP contribution in [0.2, 0.25) is 0 Å². The van der Waals surface area contributed by atoms with Crippen LogP contribution < -0.4 is 10.6 Å². The van der Waals surface area contributed by atoms with E-state index in [9.17, 15) is 24.3 Å². The molecule has 7 heteroatoms. The number of benzene rings is 1. The highest BCUT2D eigenvalue weighted by Crippen LogP contribution is 1.96. The van der Waals surface area contributed by atoms with Crippen molar-refractivity contribution in [2.45, 2.75) is 19.4 Å². The molecule has 2 N–H and O–H groups in total. The minimum absolute atomic E-state index is 0.110. The Morgan fingerprint density at radius 1 is 0.773 bits per heavy atom. The van der Waals surface area contributed by atoms with Gasteiger partial charge < -0.3 is 0 Å². The molecule has 2 aliphatic heterocycles. The summed E-state index contributed by atoms with van der Waals surface area (Å²) in [6.45, 7) is -0.110. The van der Waals surface area contributed by atoms with Crippen molar-refractivity contribution in [1.29, 1.82) is 0 Å². The monoisotopic (exact) mass is 303 g/mol. The van der Waals surface area contributed by atoms with E-state index >= 15 is 0 Å². The Morgan fingerprint density at radius 3 is 1.50 bits per heavy atom. The van der Waals surface area contributed by atoms with Crippen molar-refractivity contribution in [3.8, 4) is 0 Å². The van der Waals surface area contributed by atoms with Crippen molar-refractivity contribution in [2.24, 2.45) is 0 Å². The molecule has 115 valence electrons. The second-order valence-electron chi connectivity index (χ2n) is 4.29. The van der Waals surface area contributed by atoms with Gasteiger partial charge in [-0.05, 0) is 5.56 Å². The fourth-order valence-electron chi connectivity index (χ4n) is 1.44. The van der Waals surface area contributed by atoms with Crippen molar-refractivity contribution in [2.75, 3.05) is 0 Å². The van der Waals surface area contributed by atoms with Gasteiger partial charge in [-0.25, -0.2) is 5.11 Å². The van der Waals surface area contributed by atoms with Crippen molar-refractivity contribution >= 4 is 23.6 Å². The fourth-order valence-corrected chi connectivity index (χ4v) is 1.44. The van der Waals surface area contributed by atoms with Gasteiger partial charge in [0, 0.05) is 25.0 Å². The van der Waals surface area contributed by atoms with Gasteiger partial charge in [-0.15, -0.1) is 0 Å². The first-order chi connectivity index (χ1) is 10.5. The summed E-state index contributed by atoms with van der Waals surface area (Å²) in [4.78, 5) is 40.3. The summed E-state index contributed by atoms with van der Waals surface area (Å²) in [5.74, 6) is -0.954. The lowest BCUT2D eigenvalue weighted by Gasteiger charge is -1.87. The average Bonchev–Trinajstić information content (AvgIpc) is 3.08. The minimum Gasteiger partial charge on any atom is -0.296 e. The van der Waals surface area contributed by atoms with Gasteiger partial charge in [0.05, 0.1) is 0 Å². The van der Waals surface area contributed by atoms with Gasteiger partial charge in [0.15, 0.2) is 0 Å². The molecule has 3 rings (SSSR count). The van der Waals surface area contributed by atoms with Gasteiger partial charge in [-0.2, -0.15) is 0 Å². The van der Waals surface area contributed by atoms with Crippen LogP contribution >= 0.6 is 0 Å². The summed E-state index contributed by atoms with van der Waals surface area (Å²) in [5.41, 5.74) is 0.854. The first kappa shape index (κ1) is 17.3. The molecule has 1 fully saturated rings. The number of imide groups is 2. The molecule has 22 heavy (non-hydrogen) atoms. The summed E-state index contributed by atoms with van der Waals surface area (Å²) >= 11 is 0. The van der Waals surface area contributed by atoms with Gasteiger partial charge >= 0.3 is 0 Å². The molecule has 0 aromatic heterocycles. The van der Waals surface area contributed by atoms with Crippen LogP contribution in [0.4, 0.5) is 0 Å². The van der Waals surface area contributed by atoms with Crippen LogP contribution in [0, 0.1) is 0 Å². The molecule has 0 spiro atoms. The lowest BCUT2D eigenvalue weighted by atomic mass is 10.2. The smallest absolute Gasteiger partial charge is 0.250 e. The Balaban J connectivity index is 0.000000166. The molecular formula is C15H15N2O5. The molecule has 2 aliphatic rings. The van der Waals surface area contributed by atoms with E-state index in [1.165, 1.54) is 12.2 Å². The van der Waals surface area contributed by atoms with Crippen molar-refractivity contribution in [3.63, 3.8) is 0 Å². The molecule has 7 nitrogen and oxygen atoms in total. The Hall–Kier alpha value is -2.80. The number of rotatable bonds is 1. The summed E-state index contributed by atoms with van der Waals surface area (Å²) < 4.78 is 0. The summed E-state index contributed by atoms with van der Waals surface area (Å²) in [7, 11) is 0. The zero-order valence-corrected chi connectivity index (χ0v) is 11.7. The Kier molecular flexibility index (Phi) is 7.21. The third-order valence-electron chi connectivity index (χ3n) is 2.50. The highest BCUT2D eigenvalue weighted by Gasteiger charge is 2.15. The van der Waals surface area contributed by atoms with Gasteiger partial charge in [0.1, 0.15) is 6.61 Å². The van der Waals surface area contributed by atoms with E-state index in [0.29, 0.717) is 12.8 Å². The third-order valence-corrected chi connectivity index (χ3v) is 2.50. The first-order valence-corrected chi connectivity index (χ1v) is 6.49. The minimum atomic E-state index is -0.329. The van der Waals surface area contributed by atoms with Crippen LogP contribution in [0.1, 0.15) is 18.4 Å². The van der Waals surface area contributed by atoms with E-state index in [0.717, 1.165) is 5.56 Å². The zero-order chi connectivity index (χ0) is 16.4. The molecule has 1 radical (unpaired) electrons. The Bertz CT molecular complexity index is 551. The lowest BCUT2D eigenvalue weighted by Crippen LogP contribution is -2.19. The highest BCUT2D eigenvalue weighted by molar-refractivity contribution is 6.12. The summed E-state index contributed by atoms with van der Waals surface area (Å²) in [6.07, 6.45) is 3.14. The molecule has 0 saturated carbocycles. The van der Waals surface area contributed by atoms with E-state index in [2.05, 4.69) is 5.32 Å². The predicted octanol–water partition coefficient (Wildman–Crippen LogP) is 0.239. The number of nitrogens with one attached hydrogen (secondary N) is 2. The maximum absolute atomic E-state index is 10.1. The number of hydrogen-bond donors (Lipinski definition) is 2. The predicted molar refractivity (Wildman–Crippen MR) is 75.5 cm³/mol. The first-order valence-electron chi connectivity index (χ1n) is 6.49. The topological polar surface area (TPSA) is 112 Å². The fraction of sp³-hybridized carbons (Fsp3) is 0.200. The molecule has 2 heterocycles. The van der Waals surface area contributed by atoms with Crippen molar-refractivity contribution < 1.29 is 24.3 Å². The maximum atomic E-state index is 10.1. The van der Waals surface area contributed by atoms with Gasteiger partial charge in [-0.3, -0.25) is 29.8 Å². The number of amides is 4. The van der Waals surface area contributed by atoms with Crippen molar-refractivity contribution in [1.82, 2.24) is 10.6 Å². The largest absolute Gasteiger partial charge is 0.296 e. The SMILES string of the molecule is O=C1C=CC(=O)N1.O=C1CCC(=O)N1.[O]Cc1ccccc1. The van der Waals surface area contributed by atoms with E-state index in [1.54, 1.807) is 0 Å². The van der Waals surface area contributed by atoms with Crippen LogP contribution in [0.3, 0.4) is 0 Å². The molecule has 1 aromatic rings. The van der Waals surface area contributed by atoms with Crippen molar-refractivity contribution in [3.05, 3.63) is 48.0 Å². The zero-order valence-electron chi connectivity index (χ0n) is 11.7. The number of carbonyl (C=O) groups is 4. The molecule has 0 bridgehead atoms. The van der Waals surface area contributed by atoms with E-state index in [1.807, 2.05) is 35.6 Å². The van der Waals surface area contributed by atoms with Crippen LogP contribution in [0.15, 0.2) is 42.5 Å². The number of hydrogen-bond acceptors (Lipinski definition) is 4. The summed E-state index contributed by atoms with van der Waals surface area (Å²) in [5, 5.41) is 14.3. The van der Waals surface area contributed by atoms with E-state index in [-0.39, 0.29) is 30.2 Å². The third kappa shape index (κ3) is 7.11. The second-order valence-corrected chi connectivity index (χ2v) is 4.29. The van der Waals surface area contributed by atoms with Crippen LogP contribution in [0.5, 0.6) is 0 Å².